The first kappa shape index (κ1) is 36.9. The molecule has 0 bridgehead atoms. The molecule has 3 N–H and O–H groups in total. The van der Waals surface area contributed by atoms with Crippen molar-refractivity contribution >= 4 is 30.2 Å². The highest BCUT2D eigenvalue weighted by atomic mass is 19.3. The maximum Gasteiger partial charge on any atom is 0.293 e. The van der Waals surface area contributed by atoms with E-state index in [9.17, 15) is 31.1 Å². The second-order valence-electron chi connectivity index (χ2n) is 11.8. The number of pyridine rings is 1. The lowest BCUT2D eigenvalue weighted by molar-refractivity contribution is -0.122. The van der Waals surface area contributed by atoms with Crippen LogP contribution in [0.1, 0.15) is 84.5 Å². The minimum Gasteiger partial charge on any atom is -0.483 e. The number of allylic oxidation sites excluding steroid dienone is 4. The molecule has 3 aliphatic rings. The van der Waals surface area contributed by atoms with Gasteiger partial charge < -0.3 is 15.7 Å². The number of halogens is 6. The van der Waals surface area contributed by atoms with E-state index in [2.05, 4.69) is 35.3 Å². The van der Waals surface area contributed by atoms with E-state index in [1.165, 1.54) is 12.1 Å². The van der Waals surface area contributed by atoms with Crippen LogP contribution < -0.4 is 10.6 Å². The van der Waals surface area contributed by atoms with Crippen molar-refractivity contribution in [1.82, 2.24) is 20.1 Å². The van der Waals surface area contributed by atoms with Crippen LogP contribution in [0, 0.1) is 23.5 Å². The van der Waals surface area contributed by atoms with Gasteiger partial charge in [-0.05, 0) is 73.4 Å². The molecule has 0 radical (unpaired) electrons. The van der Waals surface area contributed by atoms with Gasteiger partial charge in [0.25, 0.3) is 18.8 Å². The molecular weight excluding hydrogens is 652 g/mol. The highest BCUT2D eigenvalue weighted by molar-refractivity contribution is 5.76. The lowest BCUT2D eigenvalue weighted by Crippen LogP contribution is -2.25. The number of rotatable bonds is 10. The van der Waals surface area contributed by atoms with Crippen molar-refractivity contribution in [2.24, 2.45) is 11.8 Å². The van der Waals surface area contributed by atoms with E-state index in [1.54, 1.807) is 13.0 Å². The number of carbonyl (C=O) groups excluding carboxylic acids is 1. The molecule has 4 unspecified atom stereocenters. The molecule has 0 spiro atoms. The molecule has 0 aliphatic heterocycles. The van der Waals surface area contributed by atoms with Gasteiger partial charge >= 0.3 is 0 Å². The van der Waals surface area contributed by atoms with E-state index in [4.69, 9.17) is 14.9 Å². The summed E-state index contributed by atoms with van der Waals surface area (Å²) in [6.07, 6.45) is 6.97. The molecule has 3 aromatic rings. The Bertz CT molecular complexity index is 1740. The lowest BCUT2D eigenvalue weighted by Gasteiger charge is -2.24. The minimum atomic E-state index is -2.98. The third-order valence-electron chi connectivity index (χ3n) is 8.60. The second kappa shape index (κ2) is 15.6. The molecule has 1 fully saturated rings. The predicted molar refractivity (Wildman–Crippen MR) is 173 cm³/mol. The van der Waals surface area contributed by atoms with E-state index in [-0.39, 0.29) is 30.7 Å². The Morgan fingerprint density at radius 2 is 1.82 bits per heavy atom. The smallest absolute Gasteiger partial charge is 0.293 e. The fourth-order valence-electron chi connectivity index (χ4n) is 6.44. The molecule has 49 heavy (non-hydrogen) atoms. The number of carbonyl (C=O) groups is 2. The zero-order chi connectivity index (χ0) is 36.0. The van der Waals surface area contributed by atoms with Gasteiger partial charge in [0.15, 0.2) is 0 Å². The van der Waals surface area contributed by atoms with Crippen molar-refractivity contribution in [3.8, 4) is 0 Å². The quantitative estimate of drug-likeness (QED) is 0.148. The Morgan fingerprint density at radius 3 is 2.37 bits per heavy atom. The van der Waals surface area contributed by atoms with Gasteiger partial charge in [-0.25, -0.2) is 22.5 Å². The SMILES string of the molecule is C=Cc1nc(C(Cc2cc(F)cc(F)c2)NC=O)c(C2=CC=CC(C)C2)cc1NC.CCn1nc(C(F)F)c2c1C(F)(F)C1CC21.O=CO. The molecule has 3 aliphatic carbocycles. The number of hydrogen-bond donors (Lipinski definition) is 3. The first-order chi connectivity index (χ1) is 23.3. The molecule has 2 heterocycles. The number of fused-ring (bicyclic) bond motifs is 3. The molecule has 1 amide bonds. The van der Waals surface area contributed by atoms with Gasteiger partial charge in [0.05, 0.1) is 23.1 Å². The Balaban J connectivity index is 0.000000236. The number of aromatic nitrogens is 3. The van der Waals surface area contributed by atoms with Crippen LogP contribution in [-0.4, -0.2) is 39.8 Å². The van der Waals surface area contributed by atoms with Gasteiger partial charge in [-0.3, -0.25) is 14.3 Å². The average molecular weight is 690 g/mol. The molecule has 0 saturated heterocycles. The molecular formula is C35H37F6N5O3. The Kier molecular flexibility index (Phi) is 11.7. The summed E-state index contributed by atoms with van der Waals surface area (Å²) in [5, 5.41) is 16.4. The normalized spacial score (nSPS) is 20.0. The summed E-state index contributed by atoms with van der Waals surface area (Å²) in [4.78, 5) is 24.5. The monoisotopic (exact) mass is 689 g/mol. The topological polar surface area (TPSA) is 109 Å². The maximum atomic E-state index is 13.8. The summed E-state index contributed by atoms with van der Waals surface area (Å²) in [5.74, 6) is -5.09. The summed E-state index contributed by atoms with van der Waals surface area (Å²) in [6, 6.07) is 4.79. The van der Waals surface area contributed by atoms with Gasteiger partial charge in [-0.2, -0.15) is 13.9 Å². The van der Waals surface area contributed by atoms with Crippen LogP contribution in [0.25, 0.3) is 11.6 Å². The highest BCUT2D eigenvalue weighted by Crippen LogP contribution is 2.68. The van der Waals surface area contributed by atoms with Crippen LogP contribution in [0.15, 0.2) is 49.1 Å². The Morgan fingerprint density at radius 1 is 1.14 bits per heavy atom. The molecule has 6 rings (SSSR count). The molecule has 14 heteroatoms. The first-order valence-electron chi connectivity index (χ1n) is 15.6. The standard InChI is InChI=1S/C24H25F2N3O.C10H10F4N2.CH2O2/c1-4-21-22(27-3)13-20(17-7-5-6-15(2)8-17)24(29-21)23(28-14-30)11-16-9-18(25)12-19(26)10-16;1-2-16-8-6(7(15-16)9(11)12)4-3-5(4)10(8,13)14;2-1-3/h4-7,9-10,12-15,23,27H,1,8,11H2,2-3H3,(H,28,30);4-5,9H,2-3H2,1H3;1H,(H,2,3). The molecule has 1 aromatic carbocycles. The predicted octanol–water partition coefficient (Wildman–Crippen LogP) is 7.80. The average Bonchev–Trinajstić information content (AvgIpc) is 3.70. The number of amides is 1. The number of hydrogen-bond acceptors (Lipinski definition) is 5. The van der Waals surface area contributed by atoms with E-state index < -0.39 is 47.6 Å². The Hall–Kier alpha value is -4.88. The van der Waals surface area contributed by atoms with Crippen LogP contribution in [0.4, 0.5) is 32.0 Å². The van der Waals surface area contributed by atoms with Crippen molar-refractivity contribution in [1.29, 1.82) is 0 Å². The fraction of sp³-hybridized carbons (Fsp3) is 0.371. The van der Waals surface area contributed by atoms with Crippen molar-refractivity contribution in [3.05, 3.63) is 100 Å². The van der Waals surface area contributed by atoms with Crippen molar-refractivity contribution in [2.75, 3.05) is 12.4 Å². The third-order valence-corrected chi connectivity index (χ3v) is 8.60. The van der Waals surface area contributed by atoms with Crippen LogP contribution in [0.2, 0.25) is 0 Å². The van der Waals surface area contributed by atoms with Crippen LogP contribution in [0.3, 0.4) is 0 Å². The van der Waals surface area contributed by atoms with Crippen molar-refractivity contribution in [2.45, 2.75) is 64.0 Å². The van der Waals surface area contributed by atoms with Crippen molar-refractivity contribution < 1.29 is 41.0 Å². The van der Waals surface area contributed by atoms with E-state index >= 15 is 0 Å². The number of anilines is 1. The number of nitrogens with zero attached hydrogens (tertiary/aromatic N) is 3. The van der Waals surface area contributed by atoms with Gasteiger partial charge in [0.1, 0.15) is 23.0 Å². The minimum absolute atomic E-state index is 0.117. The molecule has 1 saturated carbocycles. The highest BCUT2D eigenvalue weighted by Gasteiger charge is 2.67. The maximum absolute atomic E-state index is 13.8. The van der Waals surface area contributed by atoms with Gasteiger partial charge in [0.2, 0.25) is 6.41 Å². The number of aryl methyl sites for hydroxylation is 1. The van der Waals surface area contributed by atoms with Crippen LogP contribution >= 0.6 is 0 Å². The lowest BCUT2D eigenvalue weighted by atomic mass is 9.87. The Labute approximate surface area is 279 Å². The van der Waals surface area contributed by atoms with E-state index in [0.717, 1.165) is 34.0 Å². The molecule has 4 atom stereocenters. The molecule has 262 valence electrons. The van der Waals surface area contributed by atoms with Gasteiger partial charge in [-0.15, -0.1) is 0 Å². The number of benzene rings is 1. The zero-order valence-corrected chi connectivity index (χ0v) is 27.1. The zero-order valence-electron chi connectivity index (χ0n) is 27.1. The summed E-state index contributed by atoms with van der Waals surface area (Å²) in [6.45, 7) is 7.54. The van der Waals surface area contributed by atoms with Crippen LogP contribution in [-0.2, 0) is 28.5 Å². The van der Waals surface area contributed by atoms with Gasteiger partial charge in [-0.1, -0.05) is 31.7 Å². The summed E-state index contributed by atoms with van der Waals surface area (Å²) < 4.78 is 81.4. The number of nitrogens with one attached hydrogen (secondary N) is 2. The largest absolute Gasteiger partial charge is 0.483 e. The summed E-state index contributed by atoms with van der Waals surface area (Å²) in [5.41, 5.74) is 3.89. The van der Waals surface area contributed by atoms with Crippen molar-refractivity contribution in [3.63, 3.8) is 0 Å². The summed E-state index contributed by atoms with van der Waals surface area (Å²) >= 11 is 0. The van der Waals surface area contributed by atoms with E-state index in [0.29, 0.717) is 35.7 Å². The molecule has 8 nitrogen and oxygen atoms in total. The second-order valence-corrected chi connectivity index (χ2v) is 11.8. The third kappa shape index (κ3) is 7.89. The number of carboxylic acid groups (broad SMARTS) is 1. The van der Waals surface area contributed by atoms with Crippen LogP contribution in [0.5, 0.6) is 0 Å². The van der Waals surface area contributed by atoms with Gasteiger partial charge in [0, 0.05) is 36.7 Å². The molecule has 2 aromatic heterocycles. The number of alkyl halides is 4. The van der Waals surface area contributed by atoms with E-state index in [1.807, 2.05) is 25.3 Å². The fourth-order valence-corrected chi connectivity index (χ4v) is 6.44. The first-order valence-corrected chi connectivity index (χ1v) is 15.6. The summed E-state index contributed by atoms with van der Waals surface area (Å²) in [7, 11) is 1.81.